The van der Waals surface area contributed by atoms with Crippen molar-refractivity contribution in [2.24, 2.45) is 0 Å². The normalized spacial score (nSPS) is 14.8. The van der Waals surface area contributed by atoms with Crippen LogP contribution in [0.3, 0.4) is 0 Å². The number of nitrogens with zero attached hydrogens (tertiary/aromatic N) is 1. The second-order valence-electron chi connectivity index (χ2n) is 5.11. The molecule has 5 heteroatoms. The summed E-state index contributed by atoms with van der Waals surface area (Å²) in [6.45, 7) is 3.39. The molecule has 1 aromatic heterocycles. The summed E-state index contributed by atoms with van der Waals surface area (Å²) in [6, 6.07) is 7.84. The molecule has 1 amide bonds. The molecular formula is C17H19NO4. The van der Waals surface area contributed by atoms with Crippen molar-refractivity contribution in [3.8, 4) is 5.75 Å². The maximum absolute atomic E-state index is 11.7. The Morgan fingerprint density at radius 2 is 2.27 bits per heavy atom. The van der Waals surface area contributed by atoms with Gasteiger partial charge in [-0.05, 0) is 31.1 Å². The average molecular weight is 301 g/mol. The minimum absolute atomic E-state index is 0.260. The van der Waals surface area contributed by atoms with Gasteiger partial charge in [0.15, 0.2) is 11.3 Å². The maximum atomic E-state index is 11.7. The summed E-state index contributed by atoms with van der Waals surface area (Å²) < 4.78 is 16.3. The lowest BCUT2D eigenvalue weighted by molar-refractivity contribution is 0.111. The second kappa shape index (κ2) is 6.13. The van der Waals surface area contributed by atoms with Gasteiger partial charge in [-0.15, -0.1) is 0 Å². The van der Waals surface area contributed by atoms with Gasteiger partial charge in [0.1, 0.15) is 5.76 Å². The molecular weight excluding hydrogens is 282 g/mol. The van der Waals surface area contributed by atoms with E-state index in [1.165, 1.54) is 0 Å². The van der Waals surface area contributed by atoms with E-state index < -0.39 is 0 Å². The minimum Gasteiger partial charge on any atom is -0.493 e. The van der Waals surface area contributed by atoms with Gasteiger partial charge < -0.3 is 18.8 Å². The van der Waals surface area contributed by atoms with E-state index in [0.29, 0.717) is 19.7 Å². The van der Waals surface area contributed by atoms with Crippen molar-refractivity contribution in [1.82, 2.24) is 4.90 Å². The molecule has 0 saturated carbocycles. The van der Waals surface area contributed by atoms with Gasteiger partial charge in [0.2, 0.25) is 0 Å². The molecule has 1 aromatic carbocycles. The Morgan fingerprint density at radius 3 is 2.95 bits per heavy atom. The van der Waals surface area contributed by atoms with Crippen LogP contribution in [0.5, 0.6) is 5.75 Å². The summed E-state index contributed by atoms with van der Waals surface area (Å²) in [6.07, 6.45) is 2.51. The van der Waals surface area contributed by atoms with Crippen molar-refractivity contribution >= 4 is 22.6 Å². The molecule has 0 bridgehead atoms. The van der Waals surface area contributed by atoms with Crippen LogP contribution in [0.2, 0.25) is 0 Å². The quantitative estimate of drug-likeness (QED) is 0.867. The largest absolute Gasteiger partial charge is 0.493 e. The highest BCUT2D eigenvalue weighted by Gasteiger charge is 2.20. The first-order valence-electron chi connectivity index (χ1n) is 7.40. The van der Waals surface area contributed by atoms with Crippen LogP contribution in [-0.4, -0.2) is 37.8 Å². The monoisotopic (exact) mass is 301 g/mol. The highest BCUT2D eigenvalue weighted by atomic mass is 16.6. The molecule has 1 aliphatic rings. The third-order valence-corrected chi connectivity index (χ3v) is 3.78. The molecule has 1 aliphatic heterocycles. The smallest absolute Gasteiger partial charge is 0.410 e. The summed E-state index contributed by atoms with van der Waals surface area (Å²) in [5.74, 6) is 1.57. The number of benzene rings is 1. The van der Waals surface area contributed by atoms with Gasteiger partial charge in [0, 0.05) is 18.5 Å². The molecule has 2 aromatic rings. The number of para-hydroxylation sites is 1. The molecule has 116 valence electrons. The van der Waals surface area contributed by atoms with Gasteiger partial charge in [0.05, 0.1) is 13.7 Å². The lowest BCUT2D eigenvalue weighted by atomic mass is 10.1. The number of methoxy groups -OCH3 is 1. The fourth-order valence-corrected chi connectivity index (χ4v) is 2.63. The summed E-state index contributed by atoms with van der Waals surface area (Å²) >= 11 is 0. The molecule has 2 heterocycles. The van der Waals surface area contributed by atoms with Gasteiger partial charge in [-0.1, -0.05) is 18.2 Å². The number of rotatable bonds is 3. The van der Waals surface area contributed by atoms with Crippen LogP contribution in [-0.2, 0) is 4.74 Å². The number of furan rings is 1. The van der Waals surface area contributed by atoms with E-state index in [2.05, 4.69) is 0 Å². The fraction of sp³-hybridized carbons (Fsp3) is 0.353. The van der Waals surface area contributed by atoms with Crippen LogP contribution in [0, 0.1) is 0 Å². The van der Waals surface area contributed by atoms with E-state index in [4.69, 9.17) is 13.9 Å². The molecule has 0 fully saturated rings. The number of ether oxygens (including phenoxy) is 2. The fourth-order valence-electron chi connectivity index (χ4n) is 2.63. The molecule has 0 atom stereocenters. The second-order valence-corrected chi connectivity index (χ2v) is 5.11. The number of fused-ring (bicyclic) bond motifs is 1. The third kappa shape index (κ3) is 2.66. The van der Waals surface area contributed by atoms with Crippen LogP contribution < -0.4 is 4.74 Å². The Balaban J connectivity index is 1.82. The van der Waals surface area contributed by atoms with Crippen molar-refractivity contribution in [2.45, 2.75) is 13.3 Å². The van der Waals surface area contributed by atoms with Gasteiger partial charge in [-0.2, -0.15) is 0 Å². The van der Waals surface area contributed by atoms with Crippen LogP contribution in [0.4, 0.5) is 4.79 Å². The molecule has 22 heavy (non-hydrogen) atoms. The number of carbonyl (C=O) groups is 1. The molecule has 0 spiro atoms. The molecule has 3 rings (SSSR count). The standard InChI is InChI=1S/C17H19NO4/c1-3-21-17(19)18-9-7-12(8-10-18)15-11-13-5-4-6-14(20-2)16(13)22-15/h4-7,11H,3,8-10H2,1-2H3. The first-order chi connectivity index (χ1) is 10.7. The van der Waals surface area contributed by atoms with Crippen LogP contribution >= 0.6 is 0 Å². The SMILES string of the molecule is CCOC(=O)N1CC=C(c2cc3cccc(OC)c3o2)CC1. The first-order valence-corrected chi connectivity index (χ1v) is 7.40. The van der Waals surface area contributed by atoms with E-state index in [1.807, 2.05) is 37.3 Å². The predicted molar refractivity (Wildman–Crippen MR) is 84.0 cm³/mol. The Labute approximate surface area is 129 Å². The van der Waals surface area contributed by atoms with E-state index in [9.17, 15) is 4.79 Å². The molecule has 0 radical (unpaired) electrons. The summed E-state index contributed by atoms with van der Waals surface area (Å²) in [7, 11) is 1.63. The van der Waals surface area contributed by atoms with E-state index in [1.54, 1.807) is 12.0 Å². The highest BCUT2D eigenvalue weighted by Crippen LogP contribution is 2.33. The molecule has 0 unspecified atom stereocenters. The topological polar surface area (TPSA) is 51.9 Å². The average Bonchev–Trinajstić information content (AvgIpc) is 2.99. The Kier molecular flexibility index (Phi) is 4.04. The van der Waals surface area contributed by atoms with Crippen LogP contribution in [0.1, 0.15) is 19.1 Å². The number of amides is 1. The van der Waals surface area contributed by atoms with Gasteiger partial charge >= 0.3 is 6.09 Å². The third-order valence-electron chi connectivity index (χ3n) is 3.78. The lowest BCUT2D eigenvalue weighted by Crippen LogP contribution is -2.35. The van der Waals surface area contributed by atoms with E-state index >= 15 is 0 Å². The van der Waals surface area contributed by atoms with Crippen molar-refractivity contribution in [1.29, 1.82) is 0 Å². The zero-order valence-electron chi connectivity index (χ0n) is 12.8. The summed E-state index contributed by atoms with van der Waals surface area (Å²) in [4.78, 5) is 13.4. The Bertz CT molecular complexity index is 717. The van der Waals surface area contributed by atoms with Crippen molar-refractivity contribution in [2.75, 3.05) is 26.8 Å². The Hall–Kier alpha value is -2.43. The first kappa shape index (κ1) is 14.5. The minimum atomic E-state index is -0.260. The molecule has 0 N–H and O–H groups in total. The molecule has 5 nitrogen and oxygen atoms in total. The van der Waals surface area contributed by atoms with Gasteiger partial charge in [-0.25, -0.2) is 4.79 Å². The van der Waals surface area contributed by atoms with Crippen molar-refractivity contribution in [3.05, 3.63) is 36.1 Å². The van der Waals surface area contributed by atoms with Gasteiger partial charge in [0.25, 0.3) is 0 Å². The van der Waals surface area contributed by atoms with Crippen LogP contribution in [0.15, 0.2) is 34.8 Å². The summed E-state index contributed by atoms with van der Waals surface area (Å²) in [5.41, 5.74) is 1.87. The van der Waals surface area contributed by atoms with Crippen molar-refractivity contribution in [3.63, 3.8) is 0 Å². The summed E-state index contributed by atoms with van der Waals surface area (Å²) in [5, 5.41) is 1.02. The maximum Gasteiger partial charge on any atom is 0.410 e. The number of hydrogen-bond acceptors (Lipinski definition) is 4. The van der Waals surface area contributed by atoms with E-state index in [0.717, 1.165) is 34.5 Å². The van der Waals surface area contributed by atoms with Crippen molar-refractivity contribution < 1.29 is 18.7 Å². The zero-order valence-corrected chi connectivity index (χ0v) is 12.8. The van der Waals surface area contributed by atoms with Crippen LogP contribution in [0.25, 0.3) is 16.5 Å². The zero-order chi connectivity index (χ0) is 15.5. The lowest BCUT2D eigenvalue weighted by Gasteiger charge is -2.24. The predicted octanol–water partition coefficient (Wildman–Crippen LogP) is 3.69. The number of carbonyl (C=O) groups excluding carboxylic acids is 1. The Morgan fingerprint density at radius 1 is 1.41 bits per heavy atom. The molecule has 0 aliphatic carbocycles. The van der Waals surface area contributed by atoms with E-state index in [-0.39, 0.29) is 6.09 Å². The number of hydrogen-bond donors (Lipinski definition) is 0. The van der Waals surface area contributed by atoms with Gasteiger partial charge in [-0.3, -0.25) is 0 Å². The highest BCUT2D eigenvalue weighted by molar-refractivity contribution is 5.86. The molecule has 0 saturated heterocycles.